The van der Waals surface area contributed by atoms with Gasteiger partial charge in [-0.1, -0.05) is 26.0 Å². The third-order valence-electron chi connectivity index (χ3n) is 4.42. The number of methoxy groups -OCH3 is 1. The first-order valence-electron chi connectivity index (χ1n) is 8.39. The van der Waals surface area contributed by atoms with Gasteiger partial charge in [0.1, 0.15) is 0 Å². The summed E-state index contributed by atoms with van der Waals surface area (Å²) in [7, 11) is 1.82. The van der Waals surface area contributed by atoms with Gasteiger partial charge in [0.2, 0.25) is 0 Å². The summed E-state index contributed by atoms with van der Waals surface area (Å²) in [4.78, 5) is 2.45. The van der Waals surface area contributed by atoms with Crippen molar-refractivity contribution in [1.82, 2.24) is 5.32 Å². The van der Waals surface area contributed by atoms with Gasteiger partial charge in [-0.05, 0) is 49.9 Å². The Balaban J connectivity index is 2.00. The molecule has 0 aliphatic carbocycles. The molecule has 2 unspecified atom stereocenters. The lowest BCUT2D eigenvalue weighted by Gasteiger charge is -2.33. The maximum atomic E-state index is 5.51. The molecule has 1 aliphatic heterocycles. The average Bonchev–Trinajstić information content (AvgIpc) is 2.56. The molecule has 118 valence electrons. The van der Waals surface area contributed by atoms with Gasteiger partial charge in [-0.3, -0.25) is 0 Å². The smallest absolute Gasteiger partial charge is 0.0746 e. The molecule has 1 saturated heterocycles. The van der Waals surface area contributed by atoms with E-state index in [1.807, 2.05) is 7.11 Å². The van der Waals surface area contributed by atoms with Crippen molar-refractivity contribution in [2.75, 3.05) is 31.6 Å². The van der Waals surface area contributed by atoms with Gasteiger partial charge < -0.3 is 15.0 Å². The highest BCUT2D eigenvalue weighted by molar-refractivity contribution is 5.48. The average molecular weight is 290 g/mol. The Morgan fingerprint density at radius 2 is 2.05 bits per heavy atom. The van der Waals surface area contributed by atoms with Crippen LogP contribution < -0.4 is 10.2 Å². The molecule has 0 radical (unpaired) electrons. The van der Waals surface area contributed by atoms with Gasteiger partial charge in [0, 0.05) is 31.9 Å². The maximum Gasteiger partial charge on any atom is 0.0746 e. The predicted octanol–water partition coefficient (Wildman–Crippen LogP) is 3.75. The Bertz CT molecular complexity index is 404. The van der Waals surface area contributed by atoms with Gasteiger partial charge in [-0.25, -0.2) is 0 Å². The second-order valence-corrected chi connectivity index (χ2v) is 5.95. The minimum Gasteiger partial charge on any atom is -0.380 e. The van der Waals surface area contributed by atoms with E-state index in [1.54, 1.807) is 0 Å². The Morgan fingerprint density at radius 3 is 2.67 bits per heavy atom. The zero-order chi connectivity index (χ0) is 15.1. The topological polar surface area (TPSA) is 24.5 Å². The summed E-state index contributed by atoms with van der Waals surface area (Å²) < 4.78 is 5.51. The Hall–Kier alpha value is -1.06. The molecule has 1 N–H and O–H groups in total. The van der Waals surface area contributed by atoms with E-state index in [-0.39, 0.29) is 0 Å². The van der Waals surface area contributed by atoms with Gasteiger partial charge >= 0.3 is 0 Å². The number of rotatable bonds is 7. The molecule has 0 amide bonds. The summed E-state index contributed by atoms with van der Waals surface area (Å²) in [6, 6.07) is 9.57. The van der Waals surface area contributed by atoms with E-state index >= 15 is 0 Å². The fourth-order valence-electron chi connectivity index (χ4n) is 3.10. The van der Waals surface area contributed by atoms with Gasteiger partial charge in [-0.15, -0.1) is 0 Å². The summed E-state index contributed by atoms with van der Waals surface area (Å²) in [5.41, 5.74) is 2.72. The van der Waals surface area contributed by atoms with Crippen molar-refractivity contribution in [2.24, 2.45) is 0 Å². The second kappa shape index (κ2) is 8.40. The van der Waals surface area contributed by atoms with Crippen molar-refractivity contribution < 1.29 is 4.74 Å². The molecule has 1 aromatic carbocycles. The van der Waals surface area contributed by atoms with Gasteiger partial charge in [-0.2, -0.15) is 0 Å². The number of hydrogen-bond acceptors (Lipinski definition) is 3. The second-order valence-electron chi connectivity index (χ2n) is 5.95. The van der Waals surface area contributed by atoms with Gasteiger partial charge in [0.25, 0.3) is 0 Å². The summed E-state index contributed by atoms with van der Waals surface area (Å²) in [6.07, 6.45) is 5.10. The predicted molar refractivity (Wildman–Crippen MR) is 90.0 cm³/mol. The lowest BCUT2D eigenvalue weighted by molar-refractivity contribution is 0.0893. The molecule has 2 atom stereocenters. The zero-order valence-electron chi connectivity index (χ0n) is 13.8. The molecular formula is C18H30N2O. The van der Waals surface area contributed by atoms with Crippen LogP contribution in [-0.2, 0) is 4.74 Å². The monoisotopic (exact) mass is 290 g/mol. The molecule has 1 fully saturated rings. The minimum absolute atomic E-state index is 0.382. The highest BCUT2D eigenvalue weighted by Gasteiger charge is 2.19. The molecule has 0 spiro atoms. The third-order valence-corrected chi connectivity index (χ3v) is 4.42. The van der Waals surface area contributed by atoms with Crippen molar-refractivity contribution in [3.8, 4) is 0 Å². The quantitative estimate of drug-likeness (QED) is 0.827. The van der Waals surface area contributed by atoms with Crippen LogP contribution in [0.25, 0.3) is 0 Å². The van der Waals surface area contributed by atoms with E-state index in [0.29, 0.717) is 12.1 Å². The highest BCUT2D eigenvalue weighted by Crippen LogP contribution is 2.24. The largest absolute Gasteiger partial charge is 0.380 e. The number of benzene rings is 1. The van der Waals surface area contributed by atoms with E-state index in [1.165, 1.54) is 30.5 Å². The van der Waals surface area contributed by atoms with Crippen LogP contribution in [0.15, 0.2) is 24.3 Å². The van der Waals surface area contributed by atoms with Crippen LogP contribution in [-0.4, -0.2) is 32.8 Å². The Labute approximate surface area is 129 Å². The van der Waals surface area contributed by atoms with E-state index in [2.05, 4.69) is 48.3 Å². The molecule has 2 rings (SSSR count). The molecule has 21 heavy (non-hydrogen) atoms. The number of ether oxygens (including phenoxy) is 1. The van der Waals surface area contributed by atoms with Crippen molar-refractivity contribution in [3.05, 3.63) is 29.8 Å². The van der Waals surface area contributed by atoms with Crippen LogP contribution in [0.3, 0.4) is 0 Å². The molecule has 0 aromatic heterocycles. The van der Waals surface area contributed by atoms with Crippen LogP contribution >= 0.6 is 0 Å². The van der Waals surface area contributed by atoms with Crippen molar-refractivity contribution in [1.29, 1.82) is 0 Å². The summed E-state index contributed by atoms with van der Waals surface area (Å²) in [6.45, 7) is 7.70. The van der Waals surface area contributed by atoms with E-state index in [0.717, 1.165) is 26.1 Å². The number of anilines is 1. The molecule has 0 bridgehead atoms. The Morgan fingerprint density at radius 1 is 1.29 bits per heavy atom. The molecular weight excluding hydrogens is 260 g/mol. The van der Waals surface area contributed by atoms with Crippen LogP contribution in [0.1, 0.15) is 51.1 Å². The fraction of sp³-hybridized carbons (Fsp3) is 0.667. The summed E-state index contributed by atoms with van der Waals surface area (Å²) in [5, 5.41) is 3.62. The number of nitrogens with zero attached hydrogens (tertiary/aromatic N) is 1. The van der Waals surface area contributed by atoms with Crippen LogP contribution in [0, 0.1) is 0 Å². The van der Waals surface area contributed by atoms with Crippen LogP contribution in [0.4, 0.5) is 5.69 Å². The first-order chi connectivity index (χ1) is 10.3. The summed E-state index contributed by atoms with van der Waals surface area (Å²) >= 11 is 0. The number of nitrogens with one attached hydrogen (secondary N) is 1. The Kier molecular flexibility index (Phi) is 6.52. The standard InChI is InChI=1S/C18H30N2O/c1-4-12-19-18(5-2)15-8-10-16(11-9-15)20-13-6-7-17(14-20)21-3/h8-11,17-19H,4-7,12-14H2,1-3H3. The highest BCUT2D eigenvalue weighted by atomic mass is 16.5. The lowest BCUT2D eigenvalue weighted by Crippen LogP contribution is -2.39. The normalized spacial score (nSPS) is 20.5. The minimum atomic E-state index is 0.382. The molecule has 0 saturated carbocycles. The first kappa shape index (κ1) is 16.3. The SMILES string of the molecule is CCCNC(CC)c1ccc(N2CCCC(OC)C2)cc1. The van der Waals surface area contributed by atoms with E-state index in [4.69, 9.17) is 4.74 Å². The summed E-state index contributed by atoms with van der Waals surface area (Å²) in [5.74, 6) is 0. The number of hydrogen-bond donors (Lipinski definition) is 1. The van der Waals surface area contributed by atoms with E-state index < -0.39 is 0 Å². The van der Waals surface area contributed by atoms with Gasteiger partial charge in [0.05, 0.1) is 6.10 Å². The molecule has 3 heteroatoms. The molecule has 3 nitrogen and oxygen atoms in total. The third kappa shape index (κ3) is 4.45. The molecule has 1 aromatic rings. The molecule has 1 heterocycles. The molecule has 1 aliphatic rings. The van der Waals surface area contributed by atoms with Crippen molar-refractivity contribution in [3.63, 3.8) is 0 Å². The number of piperidine rings is 1. The lowest BCUT2D eigenvalue weighted by atomic mass is 10.0. The van der Waals surface area contributed by atoms with Crippen LogP contribution in [0.2, 0.25) is 0 Å². The maximum absolute atomic E-state index is 5.51. The van der Waals surface area contributed by atoms with Crippen LogP contribution in [0.5, 0.6) is 0 Å². The fourth-order valence-corrected chi connectivity index (χ4v) is 3.10. The first-order valence-corrected chi connectivity index (χ1v) is 8.39. The van der Waals surface area contributed by atoms with Crippen molar-refractivity contribution in [2.45, 2.75) is 51.7 Å². The van der Waals surface area contributed by atoms with Crippen molar-refractivity contribution >= 4 is 5.69 Å². The van der Waals surface area contributed by atoms with E-state index in [9.17, 15) is 0 Å². The zero-order valence-corrected chi connectivity index (χ0v) is 13.8. The van der Waals surface area contributed by atoms with Gasteiger partial charge in [0.15, 0.2) is 0 Å².